The third-order valence-corrected chi connectivity index (χ3v) is 4.99. The van der Waals surface area contributed by atoms with Crippen molar-refractivity contribution in [2.45, 2.75) is 36.9 Å². The van der Waals surface area contributed by atoms with E-state index >= 15 is 0 Å². The second-order valence-electron chi connectivity index (χ2n) is 5.52. The smallest absolute Gasteiger partial charge is 0.230 e. The standard InChI is InChI=1S/C15H16Cl2N4OS/c1-8(11-5-4-10(16)6-12(11)17)18-13(22)7-23-15-19-14(20-21-15)9-2-3-9/h4-6,8-9H,2-3,7H2,1H3,(H,18,22)(H,19,20,21). The number of carbonyl (C=O) groups is 1. The molecule has 1 heterocycles. The molecule has 1 amide bonds. The quantitative estimate of drug-likeness (QED) is 0.754. The highest BCUT2D eigenvalue weighted by molar-refractivity contribution is 7.99. The summed E-state index contributed by atoms with van der Waals surface area (Å²) in [5.74, 6) is 1.62. The van der Waals surface area contributed by atoms with Crippen LogP contribution >= 0.6 is 35.0 Å². The first-order valence-electron chi connectivity index (χ1n) is 7.32. The normalized spacial score (nSPS) is 15.4. The molecule has 1 fully saturated rings. The van der Waals surface area contributed by atoms with E-state index in [0.29, 0.717) is 21.1 Å². The average Bonchev–Trinajstić information content (AvgIpc) is 3.24. The summed E-state index contributed by atoms with van der Waals surface area (Å²) in [6.45, 7) is 1.88. The molecule has 0 spiro atoms. The Balaban J connectivity index is 1.51. The van der Waals surface area contributed by atoms with Crippen molar-refractivity contribution < 1.29 is 4.79 Å². The van der Waals surface area contributed by atoms with Crippen LogP contribution in [0.3, 0.4) is 0 Å². The molecule has 1 atom stereocenters. The summed E-state index contributed by atoms with van der Waals surface area (Å²) >= 11 is 13.4. The molecular weight excluding hydrogens is 355 g/mol. The third kappa shape index (κ3) is 4.40. The summed E-state index contributed by atoms with van der Waals surface area (Å²) in [5.41, 5.74) is 0.836. The lowest BCUT2D eigenvalue weighted by molar-refractivity contribution is -0.119. The minimum Gasteiger partial charge on any atom is -0.349 e. The number of hydrogen-bond donors (Lipinski definition) is 2. The predicted molar refractivity (Wildman–Crippen MR) is 92.1 cm³/mol. The van der Waals surface area contributed by atoms with Crippen LogP contribution in [0.4, 0.5) is 0 Å². The van der Waals surface area contributed by atoms with E-state index in [1.165, 1.54) is 24.6 Å². The van der Waals surface area contributed by atoms with Gasteiger partial charge in [0.15, 0.2) is 0 Å². The van der Waals surface area contributed by atoms with Crippen molar-refractivity contribution in [1.29, 1.82) is 0 Å². The molecule has 2 aromatic rings. The van der Waals surface area contributed by atoms with Crippen molar-refractivity contribution in [1.82, 2.24) is 20.5 Å². The zero-order chi connectivity index (χ0) is 16.4. The second kappa shape index (κ2) is 7.11. The molecule has 23 heavy (non-hydrogen) atoms. The van der Waals surface area contributed by atoms with Crippen molar-refractivity contribution in [3.05, 3.63) is 39.6 Å². The lowest BCUT2D eigenvalue weighted by Crippen LogP contribution is -2.28. The van der Waals surface area contributed by atoms with Gasteiger partial charge in [0.1, 0.15) is 5.82 Å². The molecule has 0 saturated heterocycles. The number of carbonyl (C=O) groups excluding carboxylic acids is 1. The van der Waals surface area contributed by atoms with E-state index in [-0.39, 0.29) is 17.7 Å². The number of aromatic amines is 1. The van der Waals surface area contributed by atoms with Crippen LogP contribution in [0.15, 0.2) is 23.4 Å². The molecule has 0 radical (unpaired) electrons. The first-order valence-corrected chi connectivity index (χ1v) is 9.06. The van der Waals surface area contributed by atoms with E-state index in [4.69, 9.17) is 23.2 Å². The molecule has 0 aliphatic heterocycles. The summed E-state index contributed by atoms with van der Waals surface area (Å²) in [6, 6.07) is 5.05. The lowest BCUT2D eigenvalue weighted by Gasteiger charge is -2.15. The van der Waals surface area contributed by atoms with E-state index < -0.39 is 0 Å². The van der Waals surface area contributed by atoms with E-state index in [0.717, 1.165) is 11.4 Å². The number of nitrogens with zero attached hydrogens (tertiary/aromatic N) is 2. The van der Waals surface area contributed by atoms with Gasteiger partial charge in [0, 0.05) is 16.0 Å². The summed E-state index contributed by atoms with van der Waals surface area (Å²) in [7, 11) is 0. The molecular formula is C15H16Cl2N4OS. The van der Waals surface area contributed by atoms with Crippen LogP contribution in [0.1, 0.15) is 43.1 Å². The summed E-state index contributed by atoms with van der Waals surface area (Å²) in [5, 5.41) is 11.7. The number of benzene rings is 1. The first-order chi connectivity index (χ1) is 11.0. The molecule has 122 valence electrons. The van der Waals surface area contributed by atoms with Crippen LogP contribution in [0.5, 0.6) is 0 Å². The zero-order valence-electron chi connectivity index (χ0n) is 12.5. The molecule has 1 aliphatic carbocycles. The Morgan fingerprint density at radius 2 is 2.26 bits per heavy atom. The molecule has 1 aromatic heterocycles. The molecule has 8 heteroatoms. The maximum Gasteiger partial charge on any atom is 0.230 e. The van der Waals surface area contributed by atoms with Gasteiger partial charge >= 0.3 is 0 Å². The molecule has 1 saturated carbocycles. The average molecular weight is 371 g/mol. The number of thioether (sulfide) groups is 1. The van der Waals surface area contributed by atoms with E-state index in [1.807, 2.05) is 13.0 Å². The summed E-state index contributed by atoms with van der Waals surface area (Å²) in [6.07, 6.45) is 2.33. The lowest BCUT2D eigenvalue weighted by atomic mass is 10.1. The number of H-pyrrole nitrogens is 1. The minimum absolute atomic E-state index is 0.0914. The van der Waals surface area contributed by atoms with Gasteiger partial charge < -0.3 is 5.32 Å². The summed E-state index contributed by atoms with van der Waals surface area (Å²) < 4.78 is 0. The fraction of sp³-hybridized carbons (Fsp3) is 0.400. The first kappa shape index (κ1) is 16.6. The van der Waals surface area contributed by atoms with Gasteiger partial charge in [0.25, 0.3) is 0 Å². The topological polar surface area (TPSA) is 70.7 Å². The fourth-order valence-electron chi connectivity index (χ4n) is 2.21. The van der Waals surface area contributed by atoms with Crippen LogP contribution < -0.4 is 5.32 Å². The Morgan fingerprint density at radius 3 is 2.96 bits per heavy atom. The van der Waals surface area contributed by atoms with Crippen molar-refractivity contribution in [3.63, 3.8) is 0 Å². The second-order valence-corrected chi connectivity index (χ2v) is 7.31. The number of aromatic nitrogens is 3. The van der Waals surface area contributed by atoms with Crippen molar-refractivity contribution in [3.8, 4) is 0 Å². The largest absolute Gasteiger partial charge is 0.349 e. The Hall–Kier alpha value is -1.24. The van der Waals surface area contributed by atoms with Gasteiger partial charge in [-0.3, -0.25) is 9.89 Å². The predicted octanol–water partition coefficient (Wildman–Crippen LogP) is 3.96. The Bertz CT molecular complexity index is 717. The minimum atomic E-state index is -0.193. The van der Waals surface area contributed by atoms with Gasteiger partial charge in [-0.25, -0.2) is 4.98 Å². The maximum absolute atomic E-state index is 12.1. The highest BCUT2D eigenvalue weighted by atomic mass is 35.5. The van der Waals surface area contributed by atoms with Crippen molar-refractivity contribution in [2.75, 3.05) is 5.75 Å². The molecule has 1 unspecified atom stereocenters. The van der Waals surface area contributed by atoms with Gasteiger partial charge in [-0.05, 0) is 37.5 Å². The number of nitrogens with one attached hydrogen (secondary N) is 2. The van der Waals surface area contributed by atoms with Gasteiger partial charge in [-0.1, -0.05) is 41.0 Å². The van der Waals surface area contributed by atoms with Crippen LogP contribution in [-0.4, -0.2) is 26.8 Å². The molecule has 2 N–H and O–H groups in total. The molecule has 1 aromatic carbocycles. The SMILES string of the molecule is CC(NC(=O)CSc1n[nH]c(C2CC2)n1)c1ccc(Cl)cc1Cl. The highest BCUT2D eigenvalue weighted by Gasteiger charge is 2.27. The van der Waals surface area contributed by atoms with Gasteiger partial charge in [0.2, 0.25) is 11.1 Å². The maximum atomic E-state index is 12.1. The highest BCUT2D eigenvalue weighted by Crippen LogP contribution is 2.38. The number of amides is 1. The van der Waals surface area contributed by atoms with E-state index in [9.17, 15) is 4.79 Å². The van der Waals surface area contributed by atoms with Crippen LogP contribution in [0, 0.1) is 0 Å². The molecule has 0 bridgehead atoms. The van der Waals surface area contributed by atoms with E-state index in [1.54, 1.807) is 12.1 Å². The van der Waals surface area contributed by atoms with Gasteiger partial charge in [-0.2, -0.15) is 0 Å². The summed E-state index contributed by atoms with van der Waals surface area (Å²) in [4.78, 5) is 16.5. The van der Waals surface area contributed by atoms with Gasteiger partial charge in [-0.15, -0.1) is 5.10 Å². The zero-order valence-corrected chi connectivity index (χ0v) is 14.8. The van der Waals surface area contributed by atoms with Crippen LogP contribution in [-0.2, 0) is 4.79 Å². The molecule has 5 nitrogen and oxygen atoms in total. The van der Waals surface area contributed by atoms with Gasteiger partial charge in [0.05, 0.1) is 11.8 Å². The monoisotopic (exact) mass is 370 g/mol. The third-order valence-electron chi connectivity index (χ3n) is 3.59. The number of hydrogen-bond acceptors (Lipinski definition) is 4. The molecule has 3 rings (SSSR count). The number of rotatable bonds is 6. The van der Waals surface area contributed by atoms with Crippen LogP contribution in [0.2, 0.25) is 10.0 Å². The Kier molecular flexibility index (Phi) is 5.14. The molecule has 1 aliphatic rings. The fourth-order valence-corrected chi connectivity index (χ4v) is 3.39. The van der Waals surface area contributed by atoms with Crippen LogP contribution in [0.25, 0.3) is 0 Å². The van der Waals surface area contributed by atoms with Crippen molar-refractivity contribution >= 4 is 40.9 Å². The number of halogens is 2. The Morgan fingerprint density at radius 1 is 1.48 bits per heavy atom. The van der Waals surface area contributed by atoms with E-state index in [2.05, 4.69) is 20.5 Å². The Labute approximate surface area is 148 Å². The van der Waals surface area contributed by atoms with Crippen molar-refractivity contribution in [2.24, 2.45) is 0 Å².